The molecule has 0 spiro atoms. The number of benzene rings is 1. The van der Waals surface area contributed by atoms with E-state index in [9.17, 15) is 9.90 Å². The summed E-state index contributed by atoms with van der Waals surface area (Å²) in [6.07, 6.45) is 1.40. The molecule has 4 nitrogen and oxygen atoms in total. The molecule has 0 bridgehead atoms. The van der Waals surface area contributed by atoms with E-state index in [1.165, 1.54) is 0 Å². The van der Waals surface area contributed by atoms with Gasteiger partial charge in [-0.15, -0.1) is 0 Å². The fourth-order valence-corrected chi connectivity index (χ4v) is 2.12. The highest BCUT2D eigenvalue weighted by Gasteiger charge is 2.35. The maximum Gasteiger partial charge on any atom is 0.230 e. The van der Waals surface area contributed by atoms with E-state index in [0.717, 1.165) is 5.56 Å². The Balaban J connectivity index is 2.97. The minimum Gasteiger partial charge on any atom is -0.399 e. The minimum absolute atomic E-state index is 0.0520. The van der Waals surface area contributed by atoms with Crippen LogP contribution < -0.4 is 11.1 Å². The number of hydrogen-bond acceptors (Lipinski definition) is 3. The van der Waals surface area contributed by atoms with Crippen molar-refractivity contribution >= 4 is 11.6 Å². The van der Waals surface area contributed by atoms with Crippen molar-refractivity contribution < 1.29 is 9.90 Å². The molecule has 0 fully saturated rings. The molecule has 0 atom stereocenters. The third-order valence-corrected chi connectivity index (χ3v) is 4.23. The number of nitrogens with two attached hydrogens (primary N) is 1. The van der Waals surface area contributed by atoms with Gasteiger partial charge in [-0.25, -0.2) is 0 Å². The van der Waals surface area contributed by atoms with Gasteiger partial charge in [-0.05, 0) is 44.4 Å². The molecule has 0 aromatic heterocycles. The normalized spacial score (nSPS) is 12.2. The summed E-state index contributed by atoms with van der Waals surface area (Å²) in [5, 5.41) is 12.6. The van der Waals surface area contributed by atoms with Crippen molar-refractivity contribution in [3.8, 4) is 0 Å². The van der Waals surface area contributed by atoms with E-state index in [1.807, 2.05) is 39.8 Å². The van der Waals surface area contributed by atoms with Crippen LogP contribution in [0, 0.1) is 0 Å². The molecule has 0 heterocycles. The Hall–Kier alpha value is -1.55. The Morgan fingerprint density at radius 1 is 1.20 bits per heavy atom. The quantitative estimate of drug-likeness (QED) is 0.698. The van der Waals surface area contributed by atoms with E-state index < -0.39 is 11.0 Å². The zero-order chi connectivity index (χ0) is 15.4. The van der Waals surface area contributed by atoms with Crippen LogP contribution in [0.1, 0.15) is 46.1 Å². The number of aliphatic hydroxyl groups excluding tert-OH is 1. The van der Waals surface area contributed by atoms with Gasteiger partial charge in [0.1, 0.15) is 0 Å². The number of carbonyl (C=O) groups excluding carboxylic acids is 1. The number of amides is 1. The molecular formula is C16H26N2O2. The molecule has 0 radical (unpaired) electrons. The lowest BCUT2D eigenvalue weighted by Crippen LogP contribution is -2.55. The van der Waals surface area contributed by atoms with Crippen LogP contribution in [0.5, 0.6) is 0 Å². The van der Waals surface area contributed by atoms with Crippen molar-refractivity contribution in [2.24, 2.45) is 0 Å². The number of hydrogen-bond donors (Lipinski definition) is 3. The lowest BCUT2D eigenvalue weighted by atomic mass is 9.82. The first kappa shape index (κ1) is 16.5. The zero-order valence-corrected chi connectivity index (χ0v) is 12.9. The van der Waals surface area contributed by atoms with Crippen LogP contribution in [0.4, 0.5) is 5.69 Å². The Bertz CT molecular complexity index is 440. The lowest BCUT2D eigenvalue weighted by Gasteiger charge is -2.35. The summed E-state index contributed by atoms with van der Waals surface area (Å²) in [4.78, 5) is 12.6. The molecule has 0 saturated carbocycles. The Kier molecular flexibility index (Phi) is 5.17. The van der Waals surface area contributed by atoms with Crippen LogP contribution in [0.2, 0.25) is 0 Å². The molecule has 1 aromatic carbocycles. The van der Waals surface area contributed by atoms with Gasteiger partial charge in [0.15, 0.2) is 0 Å². The number of aliphatic hydroxyl groups is 1. The standard InChI is InChI=1S/C16H26N2O2/c1-5-16(6-2,11-19)18-14(20)15(3,4)12-7-9-13(17)10-8-12/h7-10,19H,5-6,11,17H2,1-4H3,(H,18,20). The van der Waals surface area contributed by atoms with Gasteiger partial charge in [0, 0.05) is 5.69 Å². The monoisotopic (exact) mass is 278 g/mol. The largest absolute Gasteiger partial charge is 0.399 e. The van der Waals surface area contributed by atoms with Gasteiger partial charge in [0.05, 0.1) is 17.6 Å². The zero-order valence-electron chi connectivity index (χ0n) is 12.9. The first-order valence-corrected chi connectivity index (χ1v) is 7.11. The van der Waals surface area contributed by atoms with E-state index in [2.05, 4.69) is 5.32 Å². The Morgan fingerprint density at radius 2 is 1.70 bits per heavy atom. The van der Waals surface area contributed by atoms with E-state index in [4.69, 9.17) is 5.73 Å². The Labute approximate surface area is 121 Å². The second kappa shape index (κ2) is 6.27. The first-order valence-electron chi connectivity index (χ1n) is 7.11. The van der Waals surface area contributed by atoms with Crippen LogP contribution in [-0.4, -0.2) is 23.2 Å². The number of rotatable bonds is 6. The third kappa shape index (κ3) is 3.31. The fourth-order valence-electron chi connectivity index (χ4n) is 2.12. The smallest absolute Gasteiger partial charge is 0.230 e. The molecule has 1 rings (SSSR count). The first-order chi connectivity index (χ1) is 9.31. The van der Waals surface area contributed by atoms with Crippen LogP contribution in [0.3, 0.4) is 0 Å². The molecular weight excluding hydrogens is 252 g/mol. The van der Waals surface area contributed by atoms with Crippen LogP contribution >= 0.6 is 0 Å². The SMILES string of the molecule is CCC(CC)(CO)NC(=O)C(C)(C)c1ccc(N)cc1. The number of anilines is 1. The maximum atomic E-state index is 12.6. The molecule has 112 valence electrons. The summed E-state index contributed by atoms with van der Waals surface area (Å²) in [5.74, 6) is -0.0833. The minimum atomic E-state index is -0.668. The summed E-state index contributed by atoms with van der Waals surface area (Å²) in [5.41, 5.74) is 6.05. The highest BCUT2D eigenvalue weighted by molar-refractivity contribution is 5.88. The van der Waals surface area contributed by atoms with Crippen LogP contribution in [0.25, 0.3) is 0 Å². The van der Waals surface area contributed by atoms with Gasteiger partial charge >= 0.3 is 0 Å². The van der Waals surface area contributed by atoms with Gasteiger partial charge in [0.2, 0.25) is 5.91 Å². The number of nitrogen functional groups attached to an aromatic ring is 1. The van der Waals surface area contributed by atoms with Crippen LogP contribution in [-0.2, 0) is 10.2 Å². The summed E-state index contributed by atoms with van der Waals surface area (Å²) in [7, 11) is 0. The van der Waals surface area contributed by atoms with E-state index in [0.29, 0.717) is 18.5 Å². The summed E-state index contributed by atoms with van der Waals surface area (Å²) in [6, 6.07) is 7.33. The molecule has 0 unspecified atom stereocenters. The van der Waals surface area contributed by atoms with Gasteiger partial charge in [-0.2, -0.15) is 0 Å². The maximum absolute atomic E-state index is 12.6. The van der Waals surface area contributed by atoms with Crippen molar-refractivity contribution in [3.05, 3.63) is 29.8 Å². The lowest BCUT2D eigenvalue weighted by molar-refractivity contribution is -0.128. The van der Waals surface area contributed by atoms with Crippen LogP contribution in [0.15, 0.2) is 24.3 Å². The molecule has 1 aromatic rings. The van der Waals surface area contributed by atoms with Gasteiger partial charge in [-0.1, -0.05) is 26.0 Å². The highest BCUT2D eigenvalue weighted by Crippen LogP contribution is 2.26. The van der Waals surface area contributed by atoms with E-state index >= 15 is 0 Å². The molecule has 0 aliphatic heterocycles. The van der Waals surface area contributed by atoms with Gasteiger partial charge in [0.25, 0.3) is 0 Å². The van der Waals surface area contributed by atoms with E-state index in [1.54, 1.807) is 12.1 Å². The average molecular weight is 278 g/mol. The summed E-state index contributed by atoms with van der Waals surface area (Å²) in [6.45, 7) is 7.64. The highest BCUT2D eigenvalue weighted by atomic mass is 16.3. The summed E-state index contributed by atoms with van der Waals surface area (Å²) >= 11 is 0. The molecule has 4 N–H and O–H groups in total. The predicted molar refractivity (Wildman–Crippen MR) is 82.4 cm³/mol. The molecule has 0 aliphatic rings. The predicted octanol–water partition coefficient (Wildman–Crippen LogP) is 2.21. The summed E-state index contributed by atoms with van der Waals surface area (Å²) < 4.78 is 0. The van der Waals surface area contributed by atoms with Crippen molar-refractivity contribution in [2.45, 2.75) is 51.5 Å². The molecule has 0 aliphatic carbocycles. The van der Waals surface area contributed by atoms with Gasteiger partial charge < -0.3 is 16.2 Å². The molecule has 4 heteroatoms. The Morgan fingerprint density at radius 3 is 2.10 bits per heavy atom. The molecule has 20 heavy (non-hydrogen) atoms. The molecule has 0 saturated heterocycles. The van der Waals surface area contributed by atoms with Crippen molar-refractivity contribution in [1.29, 1.82) is 0 Å². The molecule has 1 amide bonds. The second-order valence-corrected chi connectivity index (χ2v) is 5.85. The third-order valence-electron chi connectivity index (χ3n) is 4.23. The fraction of sp³-hybridized carbons (Fsp3) is 0.562. The van der Waals surface area contributed by atoms with Crippen molar-refractivity contribution in [1.82, 2.24) is 5.32 Å². The van der Waals surface area contributed by atoms with Gasteiger partial charge in [-0.3, -0.25) is 4.79 Å². The number of nitrogens with one attached hydrogen (secondary N) is 1. The average Bonchev–Trinajstić information content (AvgIpc) is 2.45. The second-order valence-electron chi connectivity index (χ2n) is 5.85. The number of carbonyl (C=O) groups is 1. The van der Waals surface area contributed by atoms with Crippen molar-refractivity contribution in [2.75, 3.05) is 12.3 Å². The van der Waals surface area contributed by atoms with Crippen molar-refractivity contribution in [3.63, 3.8) is 0 Å². The van der Waals surface area contributed by atoms with E-state index in [-0.39, 0.29) is 12.5 Å². The topological polar surface area (TPSA) is 75.3 Å².